The van der Waals surface area contributed by atoms with Gasteiger partial charge in [-0.25, -0.2) is 0 Å². The number of rotatable bonds is 5. The lowest BCUT2D eigenvalue weighted by Crippen LogP contribution is -2.22. The van der Waals surface area contributed by atoms with E-state index in [4.69, 9.17) is 0 Å². The molecule has 2 aromatic carbocycles. The van der Waals surface area contributed by atoms with E-state index in [0.717, 1.165) is 11.1 Å². The summed E-state index contributed by atoms with van der Waals surface area (Å²) < 4.78 is 1.51. The fourth-order valence-electron chi connectivity index (χ4n) is 2.72. The first kappa shape index (κ1) is 19.1. The topological polar surface area (TPSA) is 80.2 Å². The second-order valence-corrected chi connectivity index (χ2v) is 6.58. The minimum atomic E-state index is -0.315. The minimum Gasteiger partial charge on any atom is -0.326 e. The predicted octanol–water partition coefficient (Wildman–Crippen LogP) is 3.42. The van der Waals surface area contributed by atoms with Crippen LogP contribution in [0.15, 0.2) is 71.7 Å². The van der Waals surface area contributed by atoms with E-state index >= 15 is 0 Å². The Bertz CT molecular complexity index is 1050. The zero-order chi connectivity index (χ0) is 20.1. The zero-order valence-electron chi connectivity index (χ0n) is 15.7. The molecule has 3 aromatic rings. The first-order chi connectivity index (χ1) is 13.4. The molecule has 6 nitrogen and oxygen atoms in total. The van der Waals surface area contributed by atoms with Gasteiger partial charge < -0.3 is 15.2 Å². The van der Waals surface area contributed by atoms with E-state index in [2.05, 4.69) is 10.6 Å². The lowest BCUT2D eigenvalue weighted by molar-refractivity contribution is -0.114. The number of carbonyl (C=O) groups is 2. The Morgan fingerprint density at radius 3 is 2.07 bits per heavy atom. The molecule has 0 spiro atoms. The number of nitrogens with one attached hydrogen (secondary N) is 2. The van der Waals surface area contributed by atoms with E-state index in [1.165, 1.54) is 23.6 Å². The van der Waals surface area contributed by atoms with Crippen molar-refractivity contribution in [1.29, 1.82) is 0 Å². The highest BCUT2D eigenvalue weighted by Crippen LogP contribution is 2.14. The monoisotopic (exact) mass is 375 g/mol. The molecule has 0 aliphatic heterocycles. The molecule has 0 aliphatic rings. The summed E-state index contributed by atoms with van der Waals surface area (Å²) in [5, 5.41) is 5.46. The van der Waals surface area contributed by atoms with Crippen LogP contribution in [-0.2, 0) is 11.3 Å². The van der Waals surface area contributed by atoms with Crippen molar-refractivity contribution in [1.82, 2.24) is 4.57 Å². The van der Waals surface area contributed by atoms with Crippen LogP contribution in [0.3, 0.4) is 0 Å². The summed E-state index contributed by atoms with van der Waals surface area (Å²) in [4.78, 5) is 35.7. The Morgan fingerprint density at radius 2 is 1.46 bits per heavy atom. The maximum absolute atomic E-state index is 12.5. The fourth-order valence-corrected chi connectivity index (χ4v) is 2.72. The van der Waals surface area contributed by atoms with Gasteiger partial charge in [0.2, 0.25) is 5.91 Å². The SMILES string of the molecule is CC(=O)Nc1ccc(NC(=O)c2ccc(=O)n(Cc3ccc(C)cc3)c2)cc1. The maximum atomic E-state index is 12.5. The second kappa shape index (κ2) is 8.35. The van der Waals surface area contributed by atoms with Gasteiger partial charge in [-0.3, -0.25) is 14.4 Å². The maximum Gasteiger partial charge on any atom is 0.257 e. The van der Waals surface area contributed by atoms with Gasteiger partial charge in [-0.15, -0.1) is 0 Å². The predicted molar refractivity (Wildman–Crippen MR) is 110 cm³/mol. The number of hydrogen-bond donors (Lipinski definition) is 2. The molecular weight excluding hydrogens is 354 g/mol. The minimum absolute atomic E-state index is 0.160. The van der Waals surface area contributed by atoms with E-state index in [1.807, 2.05) is 31.2 Å². The molecule has 1 aromatic heterocycles. The van der Waals surface area contributed by atoms with Crippen molar-refractivity contribution in [2.24, 2.45) is 0 Å². The number of pyridine rings is 1. The van der Waals surface area contributed by atoms with Crippen molar-refractivity contribution in [3.63, 3.8) is 0 Å². The standard InChI is InChI=1S/C22H21N3O3/c1-15-3-5-17(6-4-15)13-25-14-18(7-12-21(25)27)22(28)24-20-10-8-19(9-11-20)23-16(2)26/h3-12,14H,13H2,1-2H3,(H,23,26)(H,24,28). The van der Waals surface area contributed by atoms with Crippen molar-refractivity contribution in [3.8, 4) is 0 Å². The molecular formula is C22H21N3O3. The van der Waals surface area contributed by atoms with Gasteiger partial charge in [-0.05, 0) is 42.8 Å². The number of nitrogens with zero attached hydrogens (tertiary/aromatic N) is 1. The molecule has 0 atom stereocenters. The summed E-state index contributed by atoms with van der Waals surface area (Å²) in [6.07, 6.45) is 1.56. The summed E-state index contributed by atoms with van der Waals surface area (Å²) in [7, 11) is 0. The number of benzene rings is 2. The van der Waals surface area contributed by atoms with Crippen LogP contribution >= 0.6 is 0 Å². The van der Waals surface area contributed by atoms with Crippen molar-refractivity contribution in [2.75, 3.05) is 10.6 Å². The van der Waals surface area contributed by atoms with Gasteiger partial charge in [0.25, 0.3) is 11.5 Å². The summed E-state index contributed by atoms with van der Waals surface area (Å²) in [6, 6.07) is 17.6. The Balaban J connectivity index is 1.74. The molecule has 2 N–H and O–H groups in total. The third-order valence-corrected chi connectivity index (χ3v) is 4.18. The van der Waals surface area contributed by atoms with Crippen LogP contribution in [0.2, 0.25) is 0 Å². The smallest absolute Gasteiger partial charge is 0.257 e. The summed E-state index contributed by atoms with van der Waals surface area (Å²) in [5.41, 5.74) is 3.59. The molecule has 28 heavy (non-hydrogen) atoms. The van der Waals surface area contributed by atoms with Crippen molar-refractivity contribution in [2.45, 2.75) is 20.4 Å². The number of aryl methyl sites for hydroxylation is 1. The second-order valence-electron chi connectivity index (χ2n) is 6.58. The van der Waals surface area contributed by atoms with Crippen LogP contribution in [0.4, 0.5) is 11.4 Å². The number of amides is 2. The average molecular weight is 375 g/mol. The third-order valence-electron chi connectivity index (χ3n) is 4.18. The lowest BCUT2D eigenvalue weighted by Gasteiger charge is -2.10. The number of carbonyl (C=O) groups excluding carboxylic acids is 2. The third kappa shape index (κ3) is 4.94. The van der Waals surface area contributed by atoms with E-state index < -0.39 is 0 Å². The highest BCUT2D eigenvalue weighted by molar-refractivity contribution is 6.04. The van der Waals surface area contributed by atoms with Crippen molar-refractivity contribution >= 4 is 23.2 Å². The Morgan fingerprint density at radius 1 is 0.857 bits per heavy atom. The normalized spacial score (nSPS) is 10.4. The fraction of sp³-hybridized carbons (Fsp3) is 0.136. The van der Waals surface area contributed by atoms with Gasteiger partial charge in [0.15, 0.2) is 0 Å². The molecule has 2 amide bonds. The van der Waals surface area contributed by atoms with Crippen molar-refractivity contribution < 1.29 is 9.59 Å². The number of aromatic nitrogens is 1. The van der Waals surface area contributed by atoms with Crippen molar-refractivity contribution in [3.05, 3.63) is 93.9 Å². The first-order valence-electron chi connectivity index (χ1n) is 8.86. The molecule has 142 valence electrons. The molecule has 0 aliphatic carbocycles. The molecule has 6 heteroatoms. The number of anilines is 2. The van der Waals surface area contributed by atoms with E-state index in [9.17, 15) is 14.4 Å². The molecule has 3 rings (SSSR count). The summed E-state index contributed by atoms with van der Waals surface area (Å²) >= 11 is 0. The summed E-state index contributed by atoms with van der Waals surface area (Å²) in [6.45, 7) is 3.83. The summed E-state index contributed by atoms with van der Waals surface area (Å²) in [5.74, 6) is -0.474. The van der Waals surface area contributed by atoms with Gasteiger partial charge in [-0.2, -0.15) is 0 Å². The van der Waals surface area contributed by atoms with E-state index in [1.54, 1.807) is 30.5 Å². The van der Waals surface area contributed by atoms with Crippen LogP contribution in [0.5, 0.6) is 0 Å². The van der Waals surface area contributed by atoms with Gasteiger partial charge in [0.1, 0.15) is 0 Å². The Kier molecular flexibility index (Phi) is 5.69. The Labute approximate surface area is 162 Å². The van der Waals surface area contributed by atoms with Crippen LogP contribution in [0, 0.1) is 6.92 Å². The largest absolute Gasteiger partial charge is 0.326 e. The molecule has 0 bridgehead atoms. The van der Waals surface area contributed by atoms with Crippen LogP contribution in [-0.4, -0.2) is 16.4 Å². The van der Waals surface area contributed by atoms with Gasteiger partial charge in [0, 0.05) is 30.6 Å². The molecule has 0 saturated carbocycles. The first-order valence-corrected chi connectivity index (χ1v) is 8.86. The lowest BCUT2D eigenvalue weighted by atomic mass is 10.1. The number of hydrogen-bond acceptors (Lipinski definition) is 3. The van der Waals surface area contributed by atoms with Gasteiger partial charge in [0.05, 0.1) is 12.1 Å². The molecule has 0 unspecified atom stereocenters. The molecule has 0 radical (unpaired) electrons. The van der Waals surface area contributed by atoms with Crippen LogP contribution < -0.4 is 16.2 Å². The quantitative estimate of drug-likeness (QED) is 0.717. The molecule has 0 saturated heterocycles. The van der Waals surface area contributed by atoms with E-state index in [-0.39, 0.29) is 17.4 Å². The van der Waals surface area contributed by atoms with Gasteiger partial charge in [-0.1, -0.05) is 29.8 Å². The molecule has 1 heterocycles. The van der Waals surface area contributed by atoms with Crippen LogP contribution in [0.1, 0.15) is 28.4 Å². The molecule has 0 fully saturated rings. The van der Waals surface area contributed by atoms with Gasteiger partial charge >= 0.3 is 0 Å². The highest BCUT2D eigenvalue weighted by Gasteiger charge is 2.09. The zero-order valence-corrected chi connectivity index (χ0v) is 15.7. The average Bonchev–Trinajstić information content (AvgIpc) is 2.66. The Hall–Kier alpha value is -3.67. The highest BCUT2D eigenvalue weighted by atomic mass is 16.2. The van der Waals surface area contributed by atoms with Crippen LogP contribution in [0.25, 0.3) is 0 Å². The van der Waals surface area contributed by atoms with E-state index in [0.29, 0.717) is 23.5 Å².